The van der Waals surface area contributed by atoms with Gasteiger partial charge in [0.25, 0.3) is 0 Å². The predicted octanol–water partition coefficient (Wildman–Crippen LogP) is 15.8. The minimum atomic E-state index is 0.0248. The quantitative estimate of drug-likeness (QED) is 0.0564. The summed E-state index contributed by atoms with van der Waals surface area (Å²) < 4.78 is 5.40. The Morgan fingerprint density at radius 2 is 0.776 bits per heavy atom. The molecule has 0 aliphatic rings. The van der Waals surface area contributed by atoms with Gasteiger partial charge in [0.05, 0.1) is 6.61 Å². The molecule has 0 saturated carbocycles. The largest absolute Gasteiger partial charge is 0.508 e. The van der Waals surface area contributed by atoms with E-state index in [9.17, 15) is 9.90 Å². The molecular formula is C46H86O3. The first-order chi connectivity index (χ1) is 24.2. The number of carbonyl (C=O) groups is 1. The second kappa shape index (κ2) is 40.9. The molecule has 0 fully saturated rings. The molecule has 0 amide bonds. The van der Waals surface area contributed by atoms with E-state index in [2.05, 4.69) is 20.8 Å². The van der Waals surface area contributed by atoms with E-state index in [1.54, 1.807) is 6.07 Å². The molecule has 0 aliphatic heterocycles. The molecule has 1 aromatic rings. The maximum Gasteiger partial charge on any atom is 0.305 e. The number of rotatable bonds is 36. The second-order valence-electron chi connectivity index (χ2n) is 15.0. The summed E-state index contributed by atoms with van der Waals surface area (Å²) in [6.07, 6.45) is 46.0. The van der Waals surface area contributed by atoms with Crippen LogP contribution in [0.3, 0.4) is 0 Å². The molecule has 49 heavy (non-hydrogen) atoms. The Morgan fingerprint density at radius 1 is 0.449 bits per heavy atom. The van der Waals surface area contributed by atoms with E-state index in [0.717, 1.165) is 24.8 Å². The monoisotopic (exact) mass is 687 g/mol. The fraction of sp³-hybridized carbons (Fsp3) is 0.848. The number of esters is 1. The fourth-order valence-corrected chi connectivity index (χ4v) is 6.66. The van der Waals surface area contributed by atoms with E-state index in [4.69, 9.17) is 4.74 Å². The number of aryl methyl sites for hydroxylation is 1. The molecule has 0 unspecified atom stereocenters. The third kappa shape index (κ3) is 37.6. The van der Waals surface area contributed by atoms with Crippen LogP contribution in [0.4, 0.5) is 0 Å². The maximum atomic E-state index is 11.8. The lowest BCUT2D eigenvalue weighted by atomic mass is 10.0. The van der Waals surface area contributed by atoms with Crippen molar-refractivity contribution in [2.45, 2.75) is 245 Å². The van der Waals surface area contributed by atoms with Crippen LogP contribution in [-0.2, 0) is 16.0 Å². The maximum absolute atomic E-state index is 11.8. The van der Waals surface area contributed by atoms with Crippen LogP contribution < -0.4 is 0 Å². The minimum absolute atomic E-state index is 0.0248. The summed E-state index contributed by atoms with van der Waals surface area (Å²) in [6, 6.07) is 7.67. The van der Waals surface area contributed by atoms with Crippen molar-refractivity contribution in [1.29, 1.82) is 0 Å². The highest BCUT2D eigenvalue weighted by Crippen LogP contribution is 2.19. The van der Waals surface area contributed by atoms with Gasteiger partial charge in [0.15, 0.2) is 0 Å². The SMILES string of the molecule is CCCCCCCCCCCCCCCCCC(=O)OCCCCCCCCCCCCC.CCCCCCCCCc1ccccc1O. The smallest absolute Gasteiger partial charge is 0.305 e. The van der Waals surface area contributed by atoms with Crippen LogP contribution in [0.25, 0.3) is 0 Å². The molecule has 3 nitrogen and oxygen atoms in total. The number of phenolic OH excluding ortho intramolecular Hbond substituents is 1. The van der Waals surface area contributed by atoms with Crippen molar-refractivity contribution < 1.29 is 14.6 Å². The Bertz CT molecular complexity index is 775. The number of para-hydroxylation sites is 1. The summed E-state index contributed by atoms with van der Waals surface area (Å²) in [5.41, 5.74) is 1.09. The van der Waals surface area contributed by atoms with E-state index in [1.165, 1.54) is 199 Å². The number of unbranched alkanes of at least 4 members (excludes halogenated alkanes) is 30. The van der Waals surface area contributed by atoms with Crippen molar-refractivity contribution in [2.24, 2.45) is 0 Å². The van der Waals surface area contributed by atoms with Crippen LogP contribution in [0.2, 0.25) is 0 Å². The van der Waals surface area contributed by atoms with Gasteiger partial charge in [-0.05, 0) is 37.3 Å². The lowest BCUT2D eigenvalue weighted by molar-refractivity contribution is -0.143. The van der Waals surface area contributed by atoms with E-state index in [0.29, 0.717) is 18.8 Å². The Labute approximate surface area is 307 Å². The highest BCUT2D eigenvalue weighted by molar-refractivity contribution is 5.69. The van der Waals surface area contributed by atoms with Crippen molar-refractivity contribution in [3.8, 4) is 5.75 Å². The molecule has 1 aromatic carbocycles. The molecule has 1 rings (SSSR count). The highest BCUT2D eigenvalue weighted by atomic mass is 16.5. The lowest BCUT2D eigenvalue weighted by Crippen LogP contribution is -2.05. The zero-order chi connectivity index (χ0) is 35.7. The number of benzene rings is 1. The number of phenols is 1. The first-order valence-corrected chi connectivity index (χ1v) is 22.1. The van der Waals surface area contributed by atoms with Gasteiger partial charge < -0.3 is 9.84 Å². The van der Waals surface area contributed by atoms with Gasteiger partial charge in [-0.2, -0.15) is 0 Å². The standard InChI is InChI=1S/C31H62O2.C15H24O/c1-3-5-7-9-11-13-15-16-17-18-19-21-23-25-27-29-31(32)33-30-28-26-24-22-20-14-12-10-8-6-4-2;1-2-3-4-5-6-7-8-11-14-12-9-10-13-15(14)16/h3-30H2,1-2H3;9-10,12-13,16H,2-8,11H2,1H3. The van der Waals surface area contributed by atoms with Crippen molar-refractivity contribution in [3.05, 3.63) is 29.8 Å². The average molecular weight is 687 g/mol. The van der Waals surface area contributed by atoms with Gasteiger partial charge in [0.2, 0.25) is 0 Å². The van der Waals surface area contributed by atoms with E-state index in [1.807, 2.05) is 18.2 Å². The van der Waals surface area contributed by atoms with Gasteiger partial charge >= 0.3 is 5.97 Å². The third-order valence-corrected chi connectivity index (χ3v) is 10.0. The van der Waals surface area contributed by atoms with Gasteiger partial charge in [-0.3, -0.25) is 4.79 Å². The second-order valence-corrected chi connectivity index (χ2v) is 15.0. The summed E-state index contributed by atoms with van der Waals surface area (Å²) in [5, 5.41) is 9.58. The van der Waals surface area contributed by atoms with Crippen LogP contribution in [0, 0.1) is 0 Å². The summed E-state index contributed by atoms with van der Waals surface area (Å²) in [7, 11) is 0. The van der Waals surface area contributed by atoms with Crippen LogP contribution >= 0.6 is 0 Å². The number of hydrogen-bond donors (Lipinski definition) is 1. The summed E-state index contributed by atoms with van der Waals surface area (Å²) in [4.78, 5) is 11.8. The molecule has 0 atom stereocenters. The van der Waals surface area contributed by atoms with Gasteiger partial charge in [-0.1, -0.05) is 232 Å². The van der Waals surface area contributed by atoms with E-state index >= 15 is 0 Å². The highest BCUT2D eigenvalue weighted by Gasteiger charge is 2.03. The van der Waals surface area contributed by atoms with Crippen molar-refractivity contribution in [1.82, 2.24) is 0 Å². The molecule has 0 radical (unpaired) electrons. The Kier molecular flexibility index (Phi) is 39.7. The van der Waals surface area contributed by atoms with Crippen molar-refractivity contribution in [2.75, 3.05) is 6.61 Å². The van der Waals surface area contributed by atoms with Crippen molar-refractivity contribution in [3.63, 3.8) is 0 Å². The molecule has 3 heteroatoms. The molecule has 0 saturated heterocycles. The Hall–Kier alpha value is -1.51. The summed E-state index contributed by atoms with van der Waals surface area (Å²) >= 11 is 0. The Balaban J connectivity index is 0.00000119. The average Bonchev–Trinajstić information content (AvgIpc) is 3.11. The first kappa shape index (κ1) is 47.5. The number of carbonyl (C=O) groups excluding carboxylic acids is 1. The van der Waals surface area contributed by atoms with Crippen LogP contribution in [0.5, 0.6) is 5.75 Å². The van der Waals surface area contributed by atoms with Crippen LogP contribution in [0.1, 0.15) is 245 Å². The Morgan fingerprint density at radius 3 is 1.16 bits per heavy atom. The van der Waals surface area contributed by atoms with E-state index < -0.39 is 0 Å². The summed E-state index contributed by atoms with van der Waals surface area (Å²) in [5.74, 6) is 0.477. The zero-order valence-electron chi connectivity index (χ0n) is 33.5. The van der Waals surface area contributed by atoms with Crippen molar-refractivity contribution >= 4 is 5.97 Å². The van der Waals surface area contributed by atoms with Gasteiger partial charge in [0.1, 0.15) is 5.75 Å². The zero-order valence-corrected chi connectivity index (χ0v) is 33.5. The van der Waals surface area contributed by atoms with E-state index in [-0.39, 0.29) is 5.97 Å². The lowest BCUT2D eigenvalue weighted by Gasteiger charge is -2.06. The number of ether oxygens (including phenoxy) is 1. The molecule has 1 N–H and O–H groups in total. The summed E-state index contributed by atoms with van der Waals surface area (Å²) in [6.45, 7) is 7.44. The number of hydrogen-bond acceptors (Lipinski definition) is 3. The molecule has 0 heterocycles. The predicted molar refractivity (Wildman–Crippen MR) is 217 cm³/mol. The molecular weight excluding hydrogens is 601 g/mol. The minimum Gasteiger partial charge on any atom is -0.508 e. The third-order valence-electron chi connectivity index (χ3n) is 10.0. The van der Waals surface area contributed by atoms with Gasteiger partial charge in [-0.15, -0.1) is 0 Å². The normalized spacial score (nSPS) is 11.0. The topological polar surface area (TPSA) is 46.5 Å². The van der Waals surface area contributed by atoms with Crippen LogP contribution in [-0.4, -0.2) is 17.7 Å². The first-order valence-electron chi connectivity index (χ1n) is 22.1. The fourth-order valence-electron chi connectivity index (χ4n) is 6.66. The molecule has 288 valence electrons. The van der Waals surface area contributed by atoms with Gasteiger partial charge in [-0.25, -0.2) is 0 Å². The molecule has 0 bridgehead atoms. The molecule has 0 spiro atoms. The van der Waals surface area contributed by atoms with Crippen LogP contribution in [0.15, 0.2) is 24.3 Å². The molecule has 0 aromatic heterocycles. The number of aromatic hydroxyl groups is 1. The van der Waals surface area contributed by atoms with Gasteiger partial charge in [0, 0.05) is 6.42 Å². The molecule has 0 aliphatic carbocycles.